The molecule has 0 unspecified atom stereocenters. The van der Waals surface area contributed by atoms with Crippen molar-refractivity contribution < 1.29 is 4.57 Å². The van der Waals surface area contributed by atoms with E-state index in [9.17, 15) is 0 Å². The van der Waals surface area contributed by atoms with E-state index in [2.05, 4.69) is 58.8 Å². The lowest BCUT2D eigenvalue weighted by Gasteiger charge is -1.97. The number of hydrogen-bond donors (Lipinski definition) is 1. The Hall–Kier alpha value is -2.68. The molecule has 0 aliphatic heterocycles. The highest BCUT2D eigenvalue weighted by atomic mass is 14.9. The summed E-state index contributed by atoms with van der Waals surface area (Å²) in [5.41, 5.74) is 4.44. The maximum absolute atomic E-state index is 4.50. The predicted octanol–water partition coefficient (Wildman–Crippen LogP) is 3.21. The number of rotatable bonds is 1. The van der Waals surface area contributed by atoms with Crippen LogP contribution >= 0.6 is 0 Å². The van der Waals surface area contributed by atoms with Gasteiger partial charge in [0, 0.05) is 40.4 Å². The van der Waals surface area contributed by atoms with Crippen molar-refractivity contribution in [2.75, 3.05) is 0 Å². The van der Waals surface area contributed by atoms with Gasteiger partial charge in [0.15, 0.2) is 12.4 Å². The average molecular weight is 260 g/mol. The third kappa shape index (κ3) is 1.67. The molecule has 4 aromatic rings. The summed E-state index contributed by atoms with van der Waals surface area (Å²) in [6.07, 6.45) is 5.94. The van der Waals surface area contributed by atoms with Gasteiger partial charge in [-0.05, 0) is 12.1 Å². The van der Waals surface area contributed by atoms with Crippen LogP contribution in [0.3, 0.4) is 0 Å². The molecule has 4 rings (SSSR count). The number of nitrogens with one attached hydrogen (secondary N) is 1. The summed E-state index contributed by atoms with van der Waals surface area (Å²) in [4.78, 5) is 8.00. The minimum absolute atomic E-state index is 1.03. The molecular weight excluding hydrogens is 246 g/mol. The maximum Gasteiger partial charge on any atom is 0.169 e. The highest BCUT2D eigenvalue weighted by Gasteiger charge is 2.08. The summed E-state index contributed by atoms with van der Waals surface area (Å²) in [5, 5.41) is 2.35. The van der Waals surface area contributed by atoms with Crippen molar-refractivity contribution in [1.29, 1.82) is 0 Å². The SMILES string of the molecule is C[n+]1ccc(-c2cc3ccc4cccnc4c3[nH]2)cc1. The number of H-pyrrole nitrogens is 1. The lowest BCUT2D eigenvalue weighted by Crippen LogP contribution is -2.25. The zero-order chi connectivity index (χ0) is 13.5. The Morgan fingerprint density at radius 1 is 1.00 bits per heavy atom. The second kappa shape index (κ2) is 4.17. The minimum atomic E-state index is 1.03. The van der Waals surface area contributed by atoms with E-state index >= 15 is 0 Å². The molecule has 0 fully saturated rings. The van der Waals surface area contributed by atoms with Crippen molar-refractivity contribution in [2.45, 2.75) is 0 Å². The van der Waals surface area contributed by atoms with E-state index in [0.29, 0.717) is 0 Å². The molecule has 96 valence electrons. The van der Waals surface area contributed by atoms with Crippen molar-refractivity contribution in [3.63, 3.8) is 0 Å². The third-order valence-electron chi connectivity index (χ3n) is 3.66. The van der Waals surface area contributed by atoms with Gasteiger partial charge in [0.05, 0.1) is 11.0 Å². The zero-order valence-electron chi connectivity index (χ0n) is 11.2. The maximum atomic E-state index is 4.50. The van der Waals surface area contributed by atoms with Gasteiger partial charge in [0.2, 0.25) is 0 Å². The fourth-order valence-electron chi connectivity index (χ4n) is 2.57. The van der Waals surface area contributed by atoms with E-state index in [0.717, 1.165) is 22.1 Å². The minimum Gasteiger partial charge on any atom is -0.353 e. The second-order valence-electron chi connectivity index (χ2n) is 5.04. The van der Waals surface area contributed by atoms with E-state index in [-0.39, 0.29) is 0 Å². The average Bonchev–Trinajstić information content (AvgIpc) is 2.92. The van der Waals surface area contributed by atoms with Gasteiger partial charge in [0.1, 0.15) is 7.05 Å². The van der Waals surface area contributed by atoms with Crippen LogP contribution in [0.15, 0.2) is 61.1 Å². The van der Waals surface area contributed by atoms with E-state index in [1.165, 1.54) is 10.9 Å². The molecule has 3 heteroatoms. The molecule has 0 amide bonds. The Kier molecular flexibility index (Phi) is 2.33. The Morgan fingerprint density at radius 2 is 1.80 bits per heavy atom. The van der Waals surface area contributed by atoms with Crippen molar-refractivity contribution >= 4 is 21.8 Å². The van der Waals surface area contributed by atoms with Crippen LogP contribution < -0.4 is 4.57 Å². The topological polar surface area (TPSA) is 32.6 Å². The normalized spacial score (nSPS) is 11.2. The molecule has 0 aliphatic rings. The van der Waals surface area contributed by atoms with Crippen LogP contribution in [0.5, 0.6) is 0 Å². The van der Waals surface area contributed by atoms with Gasteiger partial charge in [0.25, 0.3) is 0 Å². The first-order chi connectivity index (χ1) is 9.81. The van der Waals surface area contributed by atoms with Crippen molar-refractivity contribution in [3.05, 3.63) is 61.1 Å². The number of aryl methyl sites for hydroxylation is 1. The van der Waals surface area contributed by atoms with E-state index in [1.54, 1.807) is 0 Å². The van der Waals surface area contributed by atoms with Crippen molar-refractivity contribution in [2.24, 2.45) is 7.05 Å². The first-order valence-corrected chi connectivity index (χ1v) is 6.63. The summed E-state index contributed by atoms with van der Waals surface area (Å²) < 4.78 is 2.03. The fraction of sp³-hybridized carbons (Fsp3) is 0.0588. The van der Waals surface area contributed by atoms with Gasteiger partial charge < -0.3 is 4.98 Å². The predicted molar refractivity (Wildman–Crippen MR) is 80.2 cm³/mol. The monoisotopic (exact) mass is 260 g/mol. The lowest BCUT2D eigenvalue weighted by atomic mass is 10.1. The molecule has 3 nitrogen and oxygen atoms in total. The highest BCUT2D eigenvalue weighted by Crippen LogP contribution is 2.28. The number of pyridine rings is 2. The first kappa shape index (κ1) is 11.2. The van der Waals surface area contributed by atoms with Crippen LogP contribution in [0.25, 0.3) is 33.1 Å². The van der Waals surface area contributed by atoms with Crippen LogP contribution in [0.1, 0.15) is 0 Å². The van der Waals surface area contributed by atoms with Crippen LogP contribution in [-0.4, -0.2) is 9.97 Å². The molecule has 20 heavy (non-hydrogen) atoms. The van der Waals surface area contributed by atoms with Gasteiger partial charge in [-0.2, -0.15) is 0 Å². The van der Waals surface area contributed by atoms with Crippen LogP contribution in [0.2, 0.25) is 0 Å². The Bertz CT molecular complexity index is 904. The zero-order valence-corrected chi connectivity index (χ0v) is 11.2. The lowest BCUT2D eigenvalue weighted by molar-refractivity contribution is -0.671. The molecule has 0 atom stereocenters. The summed E-state index contributed by atoms with van der Waals surface area (Å²) in [5.74, 6) is 0. The van der Waals surface area contributed by atoms with E-state index < -0.39 is 0 Å². The second-order valence-corrected chi connectivity index (χ2v) is 5.04. The molecule has 3 aromatic heterocycles. The molecule has 1 aromatic carbocycles. The summed E-state index contributed by atoms with van der Waals surface area (Å²) in [6, 6.07) is 14.7. The van der Waals surface area contributed by atoms with Crippen LogP contribution in [-0.2, 0) is 7.05 Å². The van der Waals surface area contributed by atoms with E-state index in [1.807, 2.05) is 23.9 Å². The summed E-state index contributed by atoms with van der Waals surface area (Å²) in [6.45, 7) is 0. The van der Waals surface area contributed by atoms with Gasteiger partial charge >= 0.3 is 0 Å². The third-order valence-corrected chi connectivity index (χ3v) is 3.66. The summed E-state index contributed by atoms with van der Waals surface area (Å²) >= 11 is 0. The van der Waals surface area contributed by atoms with Gasteiger partial charge in [-0.3, -0.25) is 4.98 Å². The number of aromatic nitrogens is 3. The van der Waals surface area contributed by atoms with Crippen molar-refractivity contribution in [3.8, 4) is 11.3 Å². The molecule has 0 spiro atoms. The number of nitrogens with zero attached hydrogens (tertiary/aromatic N) is 2. The molecule has 3 heterocycles. The number of benzene rings is 1. The van der Waals surface area contributed by atoms with Gasteiger partial charge in [-0.15, -0.1) is 0 Å². The smallest absolute Gasteiger partial charge is 0.169 e. The molecule has 0 saturated carbocycles. The standard InChI is InChI=1S/C17H13N3/c1-20-9-6-12(7-10-20)15-11-14-5-4-13-3-2-8-18-16(13)17(14)19-15/h2-11H,1H3/p+1. The number of aromatic amines is 1. The van der Waals surface area contributed by atoms with Gasteiger partial charge in [-0.25, -0.2) is 4.57 Å². The van der Waals surface area contributed by atoms with Crippen LogP contribution in [0.4, 0.5) is 0 Å². The number of hydrogen-bond acceptors (Lipinski definition) is 1. The highest BCUT2D eigenvalue weighted by molar-refractivity contribution is 6.04. The summed E-state index contributed by atoms with van der Waals surface area (Å²) in [7, 11) is 2.02. The van der Waals surface area contributed by atoms with Crippen LogP contribution in [0, 0.1) is 0 Å². The quantitative estimate of drug-likeness (QED) is 0.524. The largest absolute Gasteiger partial charge is 0.353 e. The van der Waals surface area contributed by atoms with Gasteiger partial charge in [-0.1, -0.05) is 18.2 Å². The fourth-order valence-corrected chi connectivity index (χ4v) is 2.57. The van der Waals surface area contributed by atoms with Crippen molar-refractivity contribution in [1.82, 2.24) is 9.97 Å². The Labute approximate surface area is 116 Å². The number of fused-ring (bicyclic) bond motifs is 3. The molecular formula is C17H14N3+. The Morgan fingerprint density at radius 3 is 2.65 bits per heavy atom. The molecule has 0 saturated heterocycles. The molecule has 0 bridgehead atoms. The molecule has 1 N–H and O–H groups in total. The Balaban J connectivity index is 1.98. The van der Waals surface area contributed by atoms with E-state index in [4.69, 9.17) is 0 Å². The molecule has 0 aliphatic carbocycles. The first-order valence-electron chi connectivity index (χ1n) is 6.63. The molecule has 0 radical (unpaired) electrons.